The summed E-state index contributed by atoms with van der Waals surface area (Å²) in [5.41, 5.74) is 0.667. The van der Waals surface area contributed by atoms with Crippen molar-refractivity contribution in [2.24, 2.45) is 5.14 Å². The van der Waals surface area contributed by atoms with Gasteiger partial charge in [-0.15, -0.1) is 0 Å². The molecule has 1 rings (SSSR count). The number of sulfonamides is 1. The van der Waals surface area contributed by atoms with Crippen molar-refractivity contribution in [3.63, 3.8) is 0 Å². The average molecular weight is 359 g/mol. The van der Waals surface area contributed by atoms with Crippen molar-refractivity contribution in [2.75, 3.05) is 19.0 Å². The molecule has 0 unspecified atom stereocenters. The summed E-state index contributed by atoms with van der Waals surface area (Å²) in [6.07, 6.45) is 2.98. The first kappa shape index (κ1) is 19.3. The number of hydrogen-bond acceptors (Lipinski definition) is 5. The number of ether oxygens (including phenoxy) is 1. The highest BCUT2D eigenvalue weighted by atomic mass is 32.2. The Morgan fingerprint density at radius 3 is 2.43 bits per heavy atom. The number of unbranched alkanes of at least 4 members (excludes halogenated alkanes) is 2. The molecule has 9 heteroatoms. The lowest BCUT2D eigenvalue weighted by atomic mass is 10.2. The number of methoxy groups -OCH3 is 1. The van der Waals surface area contributed by atoms with E-state index in [-0.39, 0.29) is 10.9 Å². The Bertz CT molecular complexity index is 630. The molecular formula is C14H21N3O4S2. The highest BCUT2D eigenvalue weighted by Crippen LogP contribution is 2.12. The van der Waals surface area contributed by atoms with Gasteiger partial charge in [-0.25, -0.2) is 13.6 Å². The van der Waals surface area contributed by atoms with Gasteiger partial charge in [0, 0.05) is 18.7 Å². The lowest BCUT2D eigenvalue weighted by molar-refractivity contribution is -0.140. The fourth-order valence-corrected chi connectivity index (χ4v) is 2.51. The molecule has 0 saturated carbocycles. The molecule has 128 valence electrons. The lowest BCUT2D eigenvalue weighted by Gasteiger charge is -2.10. The number of anilines is 1. The second-order valence-electron chi connectivity index (χ2n) is 4.84. The molecule has 0 heterocycles. The first-order chi connectivity index (χ1) is 10.8. The first-order valence-electron chi connectivity index (χ1n) is 7.07. The molecule has 0 aliphatic rings. The number of nitrogens with two attached hydrogens (primary N) is 1. The first-order valence-corrected chi connectivity index (χ1v) is 9.03. The largest absolute Gasteiger partial charge is 0.469 e. The molecule has 0 saturated heterocycles. The number of carbonyl (C=O) groups excluding carboxylic acids is 1. The van der Waals surface area contributed by atoms with E-state index in [9.17, 15) is 13.2 Å². The van der Waals surface area contributed by atoms with Gasteiger partial charge in [-0.05, 0) is 49.3 Å². The fourth-order valence-electron chi connectivity index (χ4n) is 1.78. The van der Waals surface area contributed by atoms with E-state index in [0.29, 0.717) is 23.8 Å². The van der Waals surface area contributed by atoms with Crippen LogP contribution >= 0.6 is 12.2 Å². The minimum atomic E-state index is -3.69. The molecule has 0 amide bonds. The third-order valence-corrected chi connectivity index (χ3v) is 4.19. The molecule has 0 aromatic heterocycles. The van der Waals surface area contributed by atoms with Crippen LogP contribution < -0.4 is 15.8 Å². The van der Waals surface area contributed by atoms with Gasteiger partial charge in [-0.2, -0.15) is 0 Å². The number of primary sulfonamides is 1. The molecule has 1 aromatic carbocycles. The summed E-state index contributed by atoms with van der Waals surface area (Å²) in [7, 11) is -2.31. The highest BCUT2D eigenvalue weighted by molar-refractivity contribution is 7.89. The number of rotatable bonds is 8. The lowest BCUT2D eigenvalue weighted by Crippen LogP contribution is -2.29. The van der Waals surface area contributed by atoms with Crippen LogP contribution in [-0.2, 0) is 19.6 Å². The molecule has 0 fully saturated rings. The number of nitrogens with one attached hydrogen (secondary N) is 2. The molecule has 1 aromatic rings. The number of carbonyl (C=O) groups is 1. The Labute approximate surface area is 141 Å². The van der Waals surface area contributed by atoms with Crippen LogP contribution in [-0.4, -0.2) is 33.2 Å². The van der Waals surface area contributed by atoms with Gasteiger partial charge >= 0.3 is 5.97 Å². The smallest absolute Gasteiger partial charge is 0.305 e. The molecule has 23 heavy (non-hydrogen) atoms. The molecule has 0 aliphatic heterocycles. The van der Waals surface area contributed by atoms with Crippen LogP contribution in [0.5, 0.6) is 0 Å². The zero-order valence-electron chi connectivity index (χ0n) is 12.9. The van der Waals surface area contributed by atoms with Crippen LogP contribution in [0.2, 0.25) is 0 Å². The van der Waals surface area contributed by atoms with Crippen molar-refractivity contribution >= 4 is 39.0 Å². The maximum absolute atomic E-state index is 11.1. The Hall–Kier alpha value is -1.71. The average Bonchev–Trinajstić information content (AvgIpc) is 2.50. The van der Waals surface area contributed by atoms with Crippen LogP contribution in [0.3, 0.4) is 0 Å². The van der Waals surface area contributed by atoms with E-state index < -0.39 is 10.0 Å². The second-order valence-corrected chi connectivity index (χ2v) is 6.81. The number of benzene rings is 1. The van der Waals surface area contributed by atoms with Crippen LogP contribution in [0.15, 0.2) is 29.2 Å². The Morgan fingerprint density at radius 1 is 1.22 bits per heavy atom. The third kappa shape index (κ3) is 7.91. The summed E-state index contributed by atoms with van der Waals surface area (Å²) in [4.78, 5) is 11.0. The van der Waals surface area contributed by atoms with Crippen LogP contribution in [0, 0.1) is 0 Å². The van der Waals surface area contributed by atoms with Crippen molar-refractivity contribution in [2.45, 2.75) is 30.6 Å². The Morgan fingerprint density at radius 2 is 1.87 bits per heavy atom. The molecular weight excluding hydrogens is 338 g/mol. The van der Waals surface area contributed by atoms with Gasteiger partial charge in [0.15, 0.2) is 5.11 Å². The molecule has 0 spiro atoms. The van der Waals surface area contributed by atoms with E-state index in [1.54, 1.807) is 12.1 Å². The summed E-state index contributed by atoms with van der Waals surface area (Å²) in [6.45, 7) is 0.683. The molecule has 7 nitrogen and oxygen atoms in total. The fraction of sp³-hybridized carbons (Fsp3) is 0.429. The SMILES string of the molecule is COC(=O)CCCCCNC(=S)Nc1ccc(S(N)(=O)=O)cc1. The van der Waals surface area contributed by atoms with Crippen LogP contribution in [0.4, 0.5) is 5.69 Å². The summed E-state index contributed by atoms with van der Waals surface area (Å²) >= 11 is 5.14. The van der Waals surface area contributed by atoms with Gasteiger partial charge in [-0.1, -0.05) is 6.42 Å². The standard InChI is InChI=1S/C14H21N3O4S2/c1-21-13(18)5-3-2-4-10-16-14(22)17-11-6-8-12(9-7-11)23(15,19)20/h6-9H,2-5,10H2,1H3,(H2,15,19,20)(H2,16,17,22). The van der Waals surface area contributed by atoms with Crippen molar-refractivity contribution < 1.29 is 17.9 Å². The molecule has 4 N–H and O–H groups in total. The minimum absolute atomic E-state index is 0.0486. The summed E-state index contributed by atoms with van der Waals surface area (Å²) in [5.74, 6) is -0.196. The number of hydrogen-bond donors (Lipinski definition) is 3. The number of esters is 1. The van der Waals surface area contributed by atoms with Crippen molar-refractivity contribution in [1.29, 1.82) is 0 Å². The van der Waals surface area contributed by atoms with Crippen molar-refractivity contribution in [1.82, 2.24) is 5.32 Å². The predicted octanol–water partition coefficient (Wildman–Crippen LogP) is 1.35. The highest BCUT2D eigenvalue weighted by Gasteiger charge is 2.07. The summed E-state index contributed by atoms with van der Waals surface area (Å²) in [5, 5.41) is 11.5. The maximum atomic E-state index is 11.1. The molecule has 0 aliphatic carbocycles. The quantitative estimate of drug-likeness (QED) is 0.365. The minimum Gasteiger partial charge on any atom is -0.469 e. The molecule has 0 bridgehead atoms. The van der Waals surface area contributed by atoms with Gasteiger partial charge in [0.1, 0.15) is 0 Å². The van der Waals surface area contributed by atoms with E-state index in [1.165, 1.54) is 19.2 Å². The van der Waals surface area contributed by atoms with E-state index in [0.717, 1.165) is 19.3 Å². The van der Waals surface area contributed by atoms with Gasteiger partial charge in [0.05, 0.1) is 12.0 Å². The Kier molecular flexibility index (Phi) is 7.93. The van der Waals surface area contributed by atoms with E-state index in [4.69, 9.17) is 17.4 Å². The van der Waals surface area contributed by atoms with Gasteiger partial charge in [0.2, 0.25) is 10.0 Å². The monoisotopic (exact) mass is 359 g/mol. The number of thiocarbonyl (C=S) groups is 1. The normalized spacial score (nSPS) is 10.9. The summed E-state index contributed by atoms with van der Waals surface area (Å²) in [6, 6.07) is 5.99. The van der Waals surface area contributed by atoms with Gasteiger partial charge < -0.3 is 15.4 Å². The van der Waals surface area contributed by atoms with E-state index in [1.807, 2.05) is 0 Å². The van der Waals surface area contributed by atoms with E-state index in [2.05, 4.69) is 15.4 Å². The van der Waals surface area contributed by atoms with Crippen molar-refractivity contribution in [3.8, 4) is 0 Å². The van der Waals surface area contributed by atoms with E-state index >= 15 is 0 Å². The molecule has 0 atom stereocenters. The Balaban J connectivity index is 2.25. The third-order valence-electron chi connectivity index (χ3n) is 3.01. The zero-order valence-corrected chi connectivity index (χ0v) is 14.5. The topological polar surface area (TPSA) is 111 Å². The second kappa shape index (κ2) is 9.43. The predicted molar refractivity (Wildman–Crippen MR) is 92.5 cm³/mol. The van der Waals surface area contributed by atoms with Crippen LogP contribution in [0.25, 0.3) is 0 Å². The molecule has 0 radical (unpaired) electrons. The van der Waals surface area contributed by atoms with Crippen LogP contribution in [0.1, 0.15) is 25.7 Å². The maximum Gasteiger partial charge on any atom is 0.305 e. The van der Waals surface area contributed by atoms with Gasteiger partial charge in [0.25, 0.3) is 0 Å². The van der Waals surface area contributed by atoms with Gasteiger partial charge in [-0.3, -0.25) is 4.79 Å². The van der Waals surface area contributed by atoms with Crippen molar-refractivity contribution in [3.05, 3.63) is 24.3 Å². The zero-order chi connectivity index (χ0) is 17.3. The summed E-state index contributed by atoms with van der Waals surface area (Å²) < 4.78 is 26.9.